The maximum absolute atomic E-state index is 11.9. The summed E-state index contributed by atoms with van der Waals surface area (Å²) in [5.41, 5.74) is 4.23. The van der Waals surface area contributed by atoms with Crippen molar-refractivity contribution in [1.82, 2.24) is 34.4 Å². The topological polar surface area (TPSA) is 146 Å². The number of aromatic nitrogens is 4. The number of nitrogens with zero attached hydrogens (tertiary/aromatic N) is 7. The lowest BCUT2D eigenvalue weighted by atomic mass is 10.1. The molecule has 0 bridgehead atoms. The average molecular weight is 601 g/mol. The number of ether oxygens (including phenoxy) is 1. The minimum absolute atomic E-state index is 0.0993. The zero-order valence-corrected chi connectivity index (χ0v) is 24.3. The largest absolute Gasteiger partial charge is 0.378 e. The Morgan fingerprint density at radius 2 is 1.90 bits per heavy atom. The number of carbonyl (C=O) groups is 1. The molecule has 0 spiro atoms. The second kappa shape index (κ2) is 11.6. The first-order chi connectivity index (χ1) is 19.8. The Balaban J connectivity index is 1.34. The fraction of sp³-hybridized carbons (Fsp3) is 0.462. The number of carbonyl (C=O) groups excluding carboxylic acids is 1. The molecule has 4 aromatic rings. The van der Waals surface area contributed by atoms with Gasteiger partial charge >= 0.3 is 0 Å². The maximum atomic E-state index is 11.9. The number of piperazine rings is 1. The van der Waals surface area contributed by atoms with Crippen molar-refractivity contribution < 1.29 is 23.2 Å². The number of anilines is 1. The second-order valence-corrected chi connectivity index (χ2v) is 13.3. The van der Waals surface area contributed by atoms with Crippen LogP contribution in [0.5, 0.6) is 0 Å². The number of hydrogen-bond donors (Lipinski definition) is 2. The summed E-state index contributed by atoms with van der Waals surface area (Å²) in [7, 11) is -3.17. The number of morpholine rings is 1. The summed E-state index contributed by atoms with van der Waals surface area (Å²) in [6.45, 7) is 6.14. The van der Waals surface area contributed by atoms with E-state index >= 15 is 0 Å². The van der Waals surface area contributed by atoms with E-state index in [2.05, 4.69) is 21.0 Å². The lowest BCUT2D eigenvalue weighted by Crippen LogP contribution is -2.47. The number of sulfonamides is 1. The van der Waals surface area contributed by atoms with Crippen molar-refractivity contribution in [2.24, 2.45) is 0 Å². The molecule has 13 nitrogen and oxygen atoms in total. The molecular weight excluding hydrogens is 568 g/mol. The van der Waals surface area contributed by atoms with Gasteiger partial charge in [0.25, 0.3) is 0 Å². The van der Waals surface area contributed by atoms with E-state index in [-0.39, 0.29) is 6.42 Å². The lowest BCUT2D eigenvalue weighted by molar-refractivity contribution is -0.129. The lowest BCUT2D eigenvalue weighted by Gasteiger charge is -2.32. The van der Waals surface area contributed by atoms with Gasteiger partial charge in [0, 0.05) is 68.1 Å². The van der Waals surface area contributed by atoms with E-state index in [1.807, 2.05) is 18.2 Å². The molecule has 1 aromatic carbocycles. The summed E-state index contributed by atoms with van der Waals surface area (Å²) >= 11 is 1.68. The molecule has 0 saturated carbocycles. The van der Waals surface area contributed by atoms with E-state index in [1.54, 1.807) is 27.7 Å². The smallest absolute Gasteiger partial charge is 0.245 e. The fourth-order valence-electron chi connectivity index (χ4n) is 5.33. The van der Waals surface area contributed by atoms with Crippen LogP contribution in [0.3, 0.4) is 0 Å². The van der Waals surface area contributed by atoms with Crippen LogP contribution in [-0.4, -0.2) is 107 Å². The quantitative estimate of drug-likeness (QED) is 0.225. The molecule has 2 aliphatic heterocycles. The molecule has 2 fully saturated rings. The Morgan fingerprint density at radius 3 is 2.63 bits per heavy atom. The van der Waals surface area contributed by atoms with Gasteiger partial charge in [0.15, 0.2) is 11.6 Å². The molecule has 2 aliphatic rings. The second-order valence-electron chi connectivity index (χ2n) is 10.2. The van der Waals surface area contributed by atoms with Crippen LogP contribution in [0.2, 0.25) is 0 Å². The number of fused-ring (bicyclic) bond motifs is 2. The predicted octanol–water partition coefficient (Wildman–Crippen LogP) is 1.52. The monoisotopic (exact) mass is 600 g/mol. The van der Waals surface area contributed by atoms with Crippen molar-refractivity contribution >= 4 is 54.2 Å². The molecule has 6 rings (SSSR count). The van der Waals surface area contributed by atoms with Crippen molar-refractivity contribution in [2.45, 2.75) is 19.5 Å². The summed E-state index contributed by atoms with van der Waals surface area (Å²) in [6, 6.07) is 7.97. The number of thiophene rings is 1. The molecule has 0 atom stereocenters. The normalized spacial score (nSPS) is 17.5. The van der Waals surface area contributed by atoms with E-state index in [4.69, 9.17) is 19.9 Å². The van der Waals surface area contributed by atoms with Gasteiger partial charge in [-0.3, -0.25) is 19.6 Å². The molecule has 15 heteroatoms. The van der Waals surface area contributed by atoms with Crippen LogP contribution in [0, 0.1) is 0 Å². The highest BCUT2D eigenvalue weighted by atomic mass is 32.2. The minimum atomic E-state index is -3.17. The Bertz CT molecular complexity index is 1670. The first-order valence-electron chi connectivity index (χ1n) is 13.5. The van der Waals surface area contributed by atoms with E-state index in [9.17, 15) is 13.2 Å². The van der Waals surface area contributed by atoms with Gasteiger partial charge in [-0.05, 0) is 12.1 Å². The Morgan fingerprint density at radius 1 is 1.12 bits per heavy atom. The predicted molar refractivity (Wildman–Crippen MR) is 155 cm³/mol. The van der Waals surface area contributed by atoms with E-state index in [0.717, 1.165) is 57.0 Å². The minimum Gasteiger partial charge on any atom is -0.378 e. The van der Waals surface area contributed by atoms with Crippen LogP contribution in [0.25, 0.3) is 32.5 Å². The van der Waals surface area contributed by atoms with Crippen LogP contribution >= 0.6 is 11.3 Å². The van der Waals surface area contributed by atoms with Crippen LogP contribution in [0.1, 0.15) is 11.3 Å². The average Bonchev–Trinajstić information content (AvgIpc) is 3.59. The number of aryl methyl sites for hydroxylation is 1. The van der Waals surface area contributed by atoms with Crippen molar-refractivity contribution in [3.05, 3.63) is 35.3 Å². The molecule has 41 heavy (non-hydrogen) atoms. The first-order valence-corrected chi connectivity index (χ1v) is 16.1. The number of amides is 1. The molecule has 0 unspecified atom stereocenters. The summed E-state index contributed by atoms with van der Waals surface area (Å²) in [5, 5.41) is 14.2. The van der Waals surface area contributed by atoms with E-state index in [0.29, 0.717) is 51.8 Å². The molecule has 2 N–H and O–H groups in total. The molecule has 3 aromatic heterocycles. The number of hydroxylamine groups is 1. The highest BCUT2D eigenvalue weighted by molar-refractivity contribution is 7.88. The van der Waals surface area contributed by atoms with Gasteiger partial charge in [-0.2, -0.15) is 9.40 Å². The highest BCUT2D eigenvalue weighted by Gasteiger charge is 2.25. The Kier molecular flexibility index (Phi) is 7.89. The van der Waals surface area contributed by atoms with Gasteiger partial charge in [-0.1, -0.05) is 12.1 Å². The van der Waals surface area contributed by atoms with E-state index in [1.165, 1.54) is 10.6 Å². The maximum Gasteiger partial charge on any atom is 0.245 e. The van der Waals surface area contributed by atoms with Crippen molar-refractivity contribution in [1.29, 1.82) is 0 Å². The van der Waals surface area contributed by atoms with Crippen molar-refractivity contribution in [3.8, 4) is 11.4 Å². The molecule has 0 radical (unpaired) electrons. The third-order valence-corrected chi connectivity index (χ3v) is 9.91. The van der Waals surface area contributed by atoms with Gasteiger partial charge in [0.2, 0.25) is 15.9 Å². The molecule has 1 amide bonds. The number of rotatable bonds is 8. The molecule has 2 saturated heterocycles. The summed E-state index contributed by atoms with van der Waals surface area (Å²) in [5.74, 6) is 1.01. The summed E-state index contributed by atoms with van der Waals surface area (Å²) in [4.78, 5) is 27.3. The zero-order chi connectivity index (χ0) is 28.6. The summed E-state index contributed by atoms with van der Waals surface area (Å²) < 4.78 is 33.7. The molecule has 0 aliphatic carbocycles. The number of nitrogens with one attached hydrogen (secondary N) is 1. The third-order valence-electron chi connectivity index (χ3n) is 7.50. The third kappa shape index (κ3) is 5.91. The van der Waals surface area contributed by atoms with Gasteiger partial charge in [-0.15, -0.1) is 11.3 Å². The first kappa shape index (κ1) is 27.9. The summed E-state index contributed by atoms with van der Waals surface area (Å²) in [6.07, 6.45) is 3.13. The van der Waals surface area contributed by atoms with Gasteiger partial charge in [0.05, 0.1) is 47.9 Å². The van der Waals surface area contributed by atoms with Crippen molar-refractivity contribution in [2.75, 3.05) is 63.6 Å². The Labute approximate surface area is 241 Å². The fourth-order valence-corrected chi connectivity index (χ4v) is 7.31. The van der Waals surface area contributed by atoms with Crippen molar-refractivity contribution in [3.63, 3.8) is 0 Å². The van der Waals surface area contributed by atoms with Crippen LogP contribution < -0.4 is 10.4 Å². The highest BCUT2D eigenvalue weighted by Crippen LogP contribution is 2.36. The zero-order valence-electron chi connectivity index (χ0n) is 22.7. The van der Waals surface area contributed by atoms with Crippen LogP contribution in [0.15, 0.2) is 30.5 Å². The Hall–Kier alpha value is -3.21. The van der Waals surface area contributed by atoms with Gasteiger partial charge < -0.3 is 9.64 Å². The number of hydrogen-bond acceptors (Lipinski definition) is 11. The molecule has 5 heterocycles. The van der Waals surface area contributed by atoms with Gasteiger partial charge in [0.1, 0.15) is 0 Å². The van der Waals surface area contributed by atoms with E-state index < -0.39 is 15.9 Å². The van der Waals surface area contributed by atoms with Crippen LogP contribution in [-0.2, 0) is 32.6 Å². The van der Waals surface area contributed by atoms with Gasteiger partial charge in [-0.25, -0.2) is 23.9 Å². The standard InChI is InChI=1S/C26H32N8O5S2/c1-41(37,38)33-9-7-31(8-10-33)17-18-15-21-24(40-18)26(32-11-13-39-14-12-32)29-25(28-21)19-3-2-4-22-20(19)16-27-34(22)6-5-23(35)30-36/h2-4,15-16,36H,5-14,17H2,1H3,(H,30,35). The SMILES string of the molecule is CS(=O)(=O)N1CCN(Cc2cc3nc(-c4cccc5c4cnn5CCC(=O)NO)nc(N4CCOCC4)c3s2)CC1. The molecule has 218 valence electrons. The molecular formula is C26H32N8O5S2. The van der Waals surface area contributed by atoms with Crippen LogP contribution in [0.4, 0.5) is 5.82 Å². The number of benzene rings is 1.